The summed E-state index contributed by atoms with van der Waals surface area (Å²) in [5.41, 5.74) is 4.14. The second kappa shape index (κ2) is 9.54. The van der Waals surface area contributed by atoms with Crippen LogP contribution in [0.3, 0.4) is 0 Å². The summed E-state index contributed by atoms with van der Waals surface area (Å²) in [7, 11) is 0. The number of hydrogen-bond donors (Lipinski definition) is 1. The number of anilines is 1. The molecule has 1 aliphatic rings. The lowest BCUT2D eigenvalue weighted by Crippen LogP contribution is -2.17. The minimum absolute atomic E-state index is 0.0754. The molecule has 1 aliphatic heterocycles. The number of ether oxygens (including phenoxy) is 1. The van der Waals surface area contributed by atoms with Crippen molar-refractivity contribution in [3.63, 3.8) is 0 Å². The highest BCUT2D eigenvalue weighted by atomic mass is 19.1. The van der Waals surface area contributed by atoms with Crippen molar-refractivity contribution in [2.45, 2.75) is 31.9 Å². The number of halogens is 2. The van der Waals surface area contributed by atoms with Crippen LogP contribution in [0.15, 0.2) is 55.1 Å². The van der Waals surface area contributed by atoms with E-state index in [4.69, 9.17) is 9.72 Å². The van der Waals surface area contributed by atoms with Gasteiger partial charge in [0.25, 0.3) is 0 Å². The van der Waals surface area contributed by atoms with Crippen LogP contribution < -0.4 is 5.32 Å². The molecule has 182 valence electrons. The van der Waals surface area contributed by atoms with Crippen molar-refractivity contribution in [2.24, 2.45) is 0 Å². The molecule has 1 unspecified atom stereocenters. The minimum Gasteiger partial charge on any atom is -0.368 e. The second-order valence-electron chi connectivity index (χ2n) is 8.71. The van der Waals surface area contributed by atoms with E-state index in [0.717, 1.165) is 31.9 Å². The predicted molar refractivity (Wildman–Crippen MR) is 131 cm³/mol. The molecule has 6 rings (SSSR count). The van der Waals surface area contributed by atoms with Gasteiger partial charge in [-0.25, -0.2) is 33.7 Å². The quantitative estimate of drug-likeness (QED) is 0.358. The Bertz CT molecular complexity index is 1530. The highest BCUT2D eigenvalue weighted by molar-refractivity contribution is 5.83. The minimum atomic E-state index is -0.662. The molecular weight excluding hydrogens is 464 g/mol. The third-order valence-corrected chi connectivity index (χ3v) is 6.26. The van der Waals surface area contributed by atoms with E-state index < -0.39 is 11.6 Å². The SMILES string of the molecule is Fc1cc(F)cc(-c2nc3ccccc3nc2CCNc2ncnc3c2ncn3C2CCCCO2)c1. The molecule has 0 aliphatic carbocycles. The van der Waals surface area contributed by atoms with E-state index in [0.29, 0.717) is 57.9 Å². The number of para-hydroxylation sites is 2. The zero-order valence-electron chi connectivity index (χ0n) is 19.4. The van der Waals surface area contributed by atoms with E-state index in [9.17, 15) is 8.78 Å². The van der Waals surface area contributed by atoms with Crippen LogP contribution >= 0.6 is 0 Å². The lowest BCUT2D eigenvalue weighted by atomic mass is 10.1. The summed E-state index contributed by atoms with van der Waals surface area (Å²) in [6, 6.07) is 10.8. The molecule has 1 N–H and O–H groups in total. The first-order chi connectivity index (χ1) is 17.7. The molecule has 3 aromatic heterocycles. The van der Waals surface area contributed by atoms with Crippen LogP contribution in [0, 0.1) is 11.6 Å². The molecule has 36 heavy (non-hydrogen) atoms. The second-order valence-corrected chi connectivity index (χ2v) is 8.71. The Labute approximate surface area is 205 Å². The lowest BCUT2D eigenvalue weighted by molar-refractivity contribution is -0.0298. The van der Waals surface area contributed by atoms with Crippen LogP contribution in [0.4, 0.5) is 14.6 Å². The fourth-order valence-corrected chi connectivity index (χ4v) is 4.57. The average molecular weight is 488 g/mol. The van der Waals surface area contributed by atoms with Crippen molar-refractivity contribution in [2.75, 3.05) is 18.5 Å². The van der Waals surface area contributed by atoms with Crippen molar-refractivity contribution >= 4 is 28.0 Å². The van der Waals surface area contributed by atoms with Gasteiger partial charge in [-0.05, 0) is 43.5 Å². The Kier molecular flexibility index (Phi) is 5.94. The molecule has 4 heterocycles. The molecule has 0 amide bonds. The highest BCUT2D eigenvalue weighted by Crippen LogP contribution is 2.28. The normalized spacial score (nSPS) is 16.0. The van der Waals surface area contributed by atoms with E-state index in [1.807, 2.05) is 28.8 Å². The zero-order chi connectivity index (χ0) is 24.5. The van der Waals surface area contributed by atoms with E-state index in [1.165, 1.54) is 18.5 Å². The Morgan fingerprint density at radius 1 is 0.972 bits per heavy atom. The summed E-state index contributed by atoms with van der Waals surface area (Å²) < 4.78 is 35.8. The number of fused-ring (bicyclic) bond motifs is 2. The smallest absolute Gasteiger partial charge is 0.167 e. The third kappa shape index (κ3) is 4.35. The molecule has 8 nitrogen and oxygen atoms in total. The summed E-state index contributed by atoms with van der Waals surface area (Å²) in [5, 5.41) is 3.32. The van der Waals surface area contributed by atoms with E-state index >= 15 is 0 Å². The summed E-state index contributed by atoms with van der Waals surface area (Å²) >= 11 is 0. The topological polar surface area (TPSA) is 90.6 Å². The number of nitrogens with one attached hydrogen (secondary N) is 1. The number of imidazole rings is 1. The monoisotopic (exact) mass is 487 g/mol. The fraction of sp³-hybridized carbons (Fsp3) is 0.269. The van der Waals surface area contributed by atoms with Crippen molar-refractivity contribution < 1.29 is 13.5 Å². The molecule has 1 atom stereocenters. The first kappa shape index (κ1) is 22.4. The lowest BCUT2D eigenvalue weighted by Gasteiger charge is -2.23. The highest BCUT2D eigenvalue weighted by Gasteiger charge is 2.20. The summed E-state index contributed by atoms with van der Waals surface area (Å²) in [6.45, 7) is 1.18. The Hall–Kier alpha value is -4.05. The van der Waals surface area contributed by atoms with Crippen LogP contribution in [0.25, 0.3) is 33.5 Å². The first-order valence-electron chi connectivity index (χ1n) is 11.9. The first-order valence-corrected chi connectivity index (χ1v) is 11.9. The fourth-order valence-electron chi connectivity index (χ4n) is 4.57. The summed E-state index contributed by atoms with van der Waals surface area (Å²) in [5.74, 6) is -0.725. The number of hydrogen-bond acceptors (Lipinski definition) is 7. The number of rotatable bonds is 6. The van der Waals surface area contributed by atoms with Gasteiger partial charge in [0.15, 0.2) is 17.0 Å². The molecule has 10 heteroatoms. The Morgan fingerprint density at radius 3 is 2.56 bits per heavy atom. The molecule has 0 bridgehead atoms. The van der Waals surface area contributed by atoms with Gasteiger partial charge in [-0.15, -0.1) is 0 Å². The van der Waals surface area contributed by atoms with Crippen molar-refractivity contribution in [3.8, 4) is 11.3 Å². The average Bonchev–Trinajstić information content (AvgIpc) is 3.33. The third-order valence-electron chi connectivity index (χ3n) is 6.26. The van der Waals surface area contributed by atoms with E-state index in [1.54, 1.807) is 6.33 Å². The predicted octanol–water partition coefficient (Wildman–Crippen LogP) is 5.07. The van der Waals surface area contributed by atoms with Crippen LogP contribution in [-0.2, 0) is 11.2 Å². The maximum Gasteiger partial charge on any atom is 0.167 e. The molecule has 1 fully saturated rings. The van der Waals surface area contributed by atoms with Gasteiger partial charge in [0, 0.05) is 31.2 Å². The maximum atomic E-state index is 14.0. The molecule has 2 aromatic carbocycles. The number of benzene rings is 2. The standard InChI is InChI=1S/C26H23F2N7O/c27-17-11-16(12-18(28)13-17)23-21(33-19-5-1-2-6-20(19)34-23)8-9-29-25-24-26(31-14-30-25)35(15-32-24)22-7-3-4-10-36-22/h1-2,5-6,11-15,22H,3-4,7-10H2,(H,29,30,31). The van der Waals surface area contributed by atoms with E-state index in [2.05, 4.69) is 25.3 Å². The van der Waals surface area contributed by atoms with Gasteiger partial charge in [-0.1, -0.05) is 12.1 Å². The Morgan fingerprint density at radius 2 is 1.78 bits per heavy atom. The molecule has 1 saturated heterocycles. The summed E-state index contributed by atoms with van der Waals surface area (Å²) in [4.78, 5) is 22.8. The van der Waals surface area contributed by atoms with Gasteiger partial charge in [-0.2, -0.15) is 0 Å². The molecule has 0 spiro atoms. The molecular formula is C26H23F2N7O. The van der Waals surface area contributed by atoms with Gasteiger partial charge < -0.3 is 10.1 Å². The Balaban J connectivity index is 1.28. The molecule has 0 saturated carbocycles. The van der Waals surface area contributed by atoms with Crippen LogP contribution in [0.1, 0.15) is 31.2 Å². The van der Waals surface area contributed by atoms with Crippen molar-refractivity contribution in [1.82, 2.24) is 29.5 Å². The largest absolute Gasteiger partial charge is 0.368 e. The molecule has 5 aromatic rings. The van der Waals surface area contributed by atoms with Crippen LogP contribution in [0.5, 0.6) is 0 Å². The summed E-state index contributed by atoms with van der Waals surface area (Å²) in [6.07, 6.45) is 6.70. The van der Waals surface area contributed by atoms with Gasteiger partial charge in [0.05, 0.1) is 28.7 Å². The zero-order valence-corrected chi connectivity index (χ0v) is 19.4. The number of aromatic nitrogens is 6. The van der Waals surface area contributed by atoms with Crippen molar-refractivity contribution in [3.05, 3.63) is 72.4 Å². The van der Waals surface area contributed by atoms with Crippen LogP contribution in [-0.4, -0.2) is 42.6 Å². The van der Waals surface area contributed by atoms with Gasteiger partial charge in [0.1, 0.15) is 24.2 Å². The number of nitrogens with zero attached hydrogens (tertiary/aromatic N) is 6. The van der Waals surface area contributed by atoms with Crippen molar-refractivity contribution in [1.29, 1.82) is 0 Å². The van der Waals surface area contributed by atoms with Gasteiger partial charge in [-0.3, -0.25) is 4.57 Å². The molecule has 0 radical (unpaired) electrons. The van der Waals surface area contributed by atoms with E-state index in [-0.39, 0.29) is 6.23 Å². The van der Waals surface area contributed by atoms with Gasteiger partial charge >= 0.3 is 0 Å². The van der Waals surface area contributed by atoms with Crippen LogP contribution in [0.2, 0.25) is 0 Å². The maximum absolute atomic E-state index is 14.0. The van der Waals surface area contributed by atoms with Gasteiger partial charge in [0.2, 0.25) is 0 Å².